The smallest absolute Gasteiger partial charge is 0.228 e. The number of nitrogens with one attached hydrogen (secondary N) is 2. The molecule has 174 valence electrons. The fourth-order valence-electron chi connectivity index (χ4n) is 3.66. The molecule has 0 saturated carbocycles. The van der Waals surface area contributed by atoms with Crippen LogP contribution < -0.4 is 16.4 Å². The summed E-state index contributed by atoms with van der Waals surface area (Å²) in [6.45, 7) is 6.42. The van der Waals surface area contributed by atoms with Crippen molar-refractivity contribution in [2.24, 2.45) is 0 Å². The SMILES string of the molecule is Cc1ccc(O)c(NC(=O)Cc2cccc(CC(C)(C)NC[C@H](O)c3ccc(N)nc3)c2)c1. The second kappa shape index (κ2) is 10.5. The maximum Gasteiger partial charge on any atom is 0.228 e. The summed E-state index contributed by atoms with van der Waals surface area (Å²) in [4.78, 5) is 16.5. The fraction of sp³-hybridized carbons (Fsp3) is 0.308. The summed E-state index contributed by atoms with van der Waals surface area (Å²) in [5.41, 5.74) is 9.37. The van der Waals surface area contributed by atoms with Crippen molar-refractivity contribution >= 4 is 17.4 Å². The number of phenols is 1. The molecule has 7 nitrogen and oxygen atoms in total. The molecule has 0 radical (unpaired) electrons. The molecule has 3 rings (SSSR count). The van der Waals surface area contributed by atoms with Crippen molar-refractivity contribution < 1.29 is 15.0 Å². The van der Waals surface area contributed by atoms with Gasteiger partial charge < -0.3 is 26.6 Å². The van der Waals surface area contributed by atoms with Crippen LogP contribution >= 0.6 is 0 Å². The van der Waals surface area contributed by atoms with Gasteiger partial charge in [-0.15, -0.1) is 0 Å². The summed E-state index contributed by atoms with van der Waals surface area (Å²) >= 11 is 0. The highest BCUT2D eigenvalue weighted by Crippen LogP contribution is 2.24. The minimum atomic E-state index is -0.689. The molecule has 0 unspecified atom stereocenters. The van der Waals surface area contributed by atoms with Crippen molar-refractivity contribution in [2.45, 2.75) is 45.3 Å². The number of amides is 1. The lowest BCUT2D eigenvalue weighted by molar-refractivity contribution is -0.115. The number of anilines is 2. The number of aromatic nitrogens is 1. The van der Waals surface area contributed by atoms with Gasteiger partial charge in [-0.2, -0.15) is 0 Å². The van der Waals surface area contributed by atoms with Crippen LogP contribution in [0.5, 0.6) is 5.75 Å². The Morgan fingerprint density at radius 2 is 1.88 bits per heavy atom. The van der Waals surface area contributed by atoms with E-state index in [-0.39, 0.29) is 23.6 Å². The van der Waals surface area contributed by atoms with Crippen LogP contribution in [0, 0.1) is 6.92 Å². The lowest BCUT2D eigenvalue weighted by Gasteiger charge is -2.28. The first-order valence-corrected chi connectivity index (χ1v) is 10.9. The number of hydrogen-bond acceptors (Lipinski definition) is 6. The molecule has 3 aromatic rings. The molecule has 0 spiro atoms. The fourth-order valence-corrected chi connectivity index (χ4v) is 3.66. The molecule has 1 aromatic heterocycles. The monoisotopic (exact) mass is 448 g/mol. The molecule has 0 aliphatic carbocycles. The van der Waals surface area contributed by atoms with Crippen LogP contribution in [0.2, 0.25) is 0 Å². The second-order valence-electron chi connectivity index (χ2n) is 9.04. The Hall–Kier alpha value is -3.42. The van der Waals surface area contributed by atoms with E-state index in [4.69, 9.17) is 5.73 Å². The average Bonchev–Trinajstić information content (AvgIpc) is 2.75. The van der Waals surface area contributed by atoms with Crippen molar-refractivity contribution in [3.8, 4) is 5.75 Å². The highest BCUT2D eigenvalue weighted by molar-refractivity contribution is 5.93. The maximum atomic E-state index is 12.5. The number of β-amino-alcohol motifs (C(OH)–C–C–N with tert-alkyl or cyclic N) is 1. The number of benzene rings is 2. The molecule has 33 heavy (non-hydrogen) atoms. The number of nitrogen functional groups attached to an aromatic ring is 1. The van der Waals surface area contributed by atoms with Crippen LogP contribution in [0.1, 0.15) is 42.2 Å². The zero-order chi connectivity index (χ0) is 24.0. The van der Waals surface area contributed by atoms with E-state index in [2.05, 4.69) is 29.5 Å². The Morgan fingerprint density at radius 1 is 1.12 bits per heavy atom. The lowest BCUT2D eigenvalue weighted by atomic mass is 9.93. The Morgan fingerprint density at radius 3 is 2.61 bits per heavy atom. The summed E-state index contributed by atoms with van der Waals surface area (Å²) in [6.07, 6.45) is 1.82. The number of aryl methyl sites for hydroxylation is 1. The summed E-state index contributed by atoms with van der Waals surface area (Å²) in [5.74, 6) is 0.279. The Balaban J connectivity index is 1.57. The van der Waals surface area contributed by atoms with Crippen LogP contribution in [0.25, 0.3) is 0 Å². The predicted octanol–water partition coefficient (Wildman–Crippen LogP) is 3.50. The van der Waals surface area contributed by atoms with E-state index in [0.29, 0.717) is 30.0 Å². The van der Waals surface area contributed by atoms with Crippen molar-refractivity contribution in [1.29, 1.82) is 0 Å². The standard InChI is InChI=1S/C26H32N4O3/c1-17-7-9-22(31)21(11-17)30-25(33)13-18-5-4-6-19(12-18)14-26(2,3)29-16-23(32)20-8-10-24(27)28-15-20/h4-12,15,23,29,31-32H,13-14,16H2,1-3H3,(H2,27,28)(H,30,33)/t23-/m0/s1. The Bertz CT molecular complexity index is 1100. The van der Waals surface area contributed by atoms with Crippen LogP contribution in [0.4, 0.5) is 11.5 Å². The number of aromatic hydroxyl groups is 1. The van der Waals surface area contributed by atoms with Crippen molar-refractivity contribution in [1.82, 2.24) is 10.3 Å². The van der Waals surface area contributed by atoms with Gasteiger partial charge in [0, 0.05) is 23.8 Å². The van der Waals surface area contributed by atoms with Gasteiger partial charge >= 0.3 is 0 Å². The third-order valence-corrected chi connectivity index (χ3v) is 5.40. The van der Waals surface area contributed by atoms with Gasteiger partial charge in [0.25, 0.3) is 0 Å². The quantitative estimate of drug-likeness (QED) is 0.320. The number of nitrogens with two attached hydrogens (primary N) is 1. The molecule has 7 heteroatoms. The maximum absolute atomic E-state index is 12.5. The number of aliphatic hydroxyl groups excluding tert-OH is 1. The van der Waals surface area contributed by atoms with Gasteiger partial charge in [0.05, 0.1) is 18.2 Å². The van der Waals surface area contributed by atoms with Gasteiger partial charge in [0.2, 0.25) is 5.91 Å². The molecule has 6 N–H and O–H groups in total. The third kappa shape index (κ3) is 7.30. The summed E-state index contributed by atoms with van der Waals surface area (Å²) in [7, 11) is 0. The van der Waals surface area contributed by atoms with Gasteiger partial charge in [-0.25, -0.2) is 4.98 Å². The van der Waals surface area contributed by atoms with E-state index in [9.17, 15) is 15.0 Å². The number of rotatable bonds is 9. The average molecular weight is 449 g/mol. The molecule has 0 fully saturated rings. The first kappa shape index (κ1) is 24.2. The molecule has 0 aliphatic heterocycles. The van der Waals surface area contributed by atoms with Crippen LogP contribution in [0.3, 0.4) is 0 Å². The number of nitrogens with zero attached hydrogens (tertiary/aromatic N) is 1. The van der Waals surface area contributed by atoms with Crippen molar-refractivity contribution in [3.05, 3.63) is 83.0 Å². The van der Waals surface area contributed by atoms with Gasteiger partial charge in [-0.05, 0) is 62.1 Å². The molecule has 2 aromatic carbocycles. The zero-order valence-corrected chi connectivity index (χ0v) is 19.3. The largest absolute Gasteiger partial charge is 0.506 e. The van der Waals surface area contributed by atoms with Crippen LogP contribution in [-0.4, -0.2) is 33.2 Å². The topological polar surface area (TPSA) is 120 Å². The number of carbonyl (C=O) groups excluding carboxylic acids is 1. The molecular formula is C26H32N4O3. The van der Waals surface area contributed by atoms with E-state index in [0.717, 1.165) is 16.7 Å². The number of aliphatic hydroxyl groups is 1. The number of carbonyl (C=O) groups is 1. The Labute approximate surface area is 194 Å². The van der Waals surface area contributed by atoms with E-state index in [1.807, 2.05) is 31.2 Å². The summed E-state index contributed by atoms with van der Waals surface area (Å²) in [5, 5.41) is 26.6. The molecule has 1 amide bonds. The summed E-state index contributed by atoms with van der Waals surface area (Å²) < 4.78 is 0. The molecule has 1 atom stereocenters. The van der Waals surface area contributed by atoms with E-state index >= 15 is 0 Å². The molecule has 0 saturated heterocycles. The Kier molecular flexibility index (Phi) is 7.68. The second-order valence-corrected chi connectivity index (χ2v) is 9.04. The highest BCUT2D eigenvalue weighted by atomic mass is 16.3. The van der Waals surface area contributed by atoms with E-state index < -0.39 is 6.10 Å². The predicted molar refractivity (Wildman–Crippen MR) is 131 cm³/mol. The molecule has 1 heterocycles. The van der Waals surface area contributed by atoms with Gasteiger partial charge in [-0.1, -0.05) is 36.4 Å². The molecule has 0 bridgehead atoms. The molecule has 0 aliphatic rings. The van der Waals surface area contributed by atoms with Gasteiger partial charge in [0.15, 0.2) is 0 Å². The number of pyridine rings is 1. The van der Waals surface area contributed by atoms with Gasteiger partial charge in [0.1, 0.15) is 11.6 Å². The zero-order valence-electron chi connectivity index (χ0n) is 19.3. The van der Waals surface area contributed by atoms with E-state index in [1.54, 1.807) is 36.5 Å². The minimum absolute atomic E-state index is 0.0486. The van der Waals surface area contributed by atoms with Crippen molar-refractivity contribution in [3.63, 3.8) is 0 Å². The molecular weight excluding hydrogens is 416 g/mol. The third-order valence-electron chi connectivity index (χ3n) is 5.40. The van der Waals surface area contributed by atoms with Crippen molar-refractivity contribution in [2.75, 3.05) is 17.6 Å². The highest BCUT2D eigenvalue weighted by Gasteiger charge is 2.20. The normalized spacial score (nSPS) is 12.4. The van der Waals surface area contributed by atoms with Crippen LogP contribution in [-0.2, 0) is 17.6 Å². The lowest BCUT2D eigenvalue weighted by Crippen LogP contribution is -2.43. The summed E-state index contributed by atoms with van der Waals surface area (Å²) in [6, 6.07) is 16.4. The first-order valence-electron chi connectivity index (χ1n) is 10.9. The minimum Gasteiger partial charge on any atom is -0.506 e. The van der Waals surface area contributed by atoms with E-state index in [1.165, 1.54) is 0 Å². The van der Waals surface area contributed by atoms with Gasteiger partial charge in [-0.3, -0.25) is 4.79 Å². The first-order chi connectivity index (χ1) is 15.6. The van der Waals surface area contributed by atoms with Crippen LogP contribution in [0.15, 0.2) is 60.8 Å². The number of hydrogen-bond donors (Lipinski definition) is 5. The number of phenolic OH excluding ortho intramolecular Hbond substituents is 1.